The van der Waals surface area contributed by atoms with Crippen LogP contribution in [-0.4, -0.2) is 35.1 Å². The van der Waals surface area contributed by atoms with Crippen molar-refractivity contribution in [2.24, 2.45) is 5.92 Å². The molecule has 12 heavy (non-hydrogen) atoms. The molecule has 2 bridgehead atoms. The molecule has 0 saturated carbocycles. The Hall–Kier alpha value is -0.280. The Balaban J connectivity index is 0.000000157. The molecule has 3 saturated heterocycles. The Kier molecular flexibility index (Phi) is 3.82. The van der Waals surface area contributed by atoms with E-state index in [0.717, 1.165) is 5.92 Å². The molecule has 3 heterocycles. The van der Waals surface area contributed by atoms with E-state index < -0.39 is 5.43 Å². The smallest absolute Gasteiger partial charge is 0.401 e. The molecule has 3 aliphatic rings. The van der Waals surface area contributed by atoms with E-state index in [1.807, 2.05) is 0 Å². The van der Waals surface area contributed by atoms with Crippen molar-refractivity contribution in [3.8, 4) is 0 Å². The van der Waals surface area contributed by atoms with Gasteiger partial charge in [-0.05, 0) is 44.8 Å². The van der Waals surface area contributed by atoms with E-state index in [1.54, 1.807) is 0 Å². The highest BCUT2D eigenvalue weighted by atomic mass is 35.5. The molecule has 0 aromatic heterocycles. The summed E-state index contributed by atoms with van der Waals surface area (Å²) < 4.78 is 0. The number of fused-ring (bicyclic) bond motifs is 3. The van der Waals surface area contributed by atoms with E-state index in [9.17, 15) is 0 Å². The van der Waals surface area contributed by atoms with Gasteiger partial charge in [-0.25, -0.2) is 4.79 Å². The third kappa shape index (κ3) is 3.41. The zero-order chi connectivity index (χ0) is 8.97. The normalized spacial score (nSPS) is 32.1. The maximum atomic E-state index is 8.77. The maximum absolute atomic E-state index is 8.77. The molecular weight excluding hydrogens is 178 g/mol. The largest absolute Gasteiger partial charge is 0.469 e. The van der Waals surface area contributed by atoms with Crippen LogP contribution in [0.5, 0.6) is 0 Å². The fourth-order valence-corrected chi connectivity index (χ4v) is 1.86. The summed E-state index contributed by atoms with van der Waals surface area (Å²) in [5.41, 5.74) is -1.36. The highest BCUT2D eigenvalue weighted by Crippen LogP contribution is 2.26. The Morgan fingerprint density at radius 2 is 1.58 bits per heavy atom. The minimum Gasteiger partial charge on any atom is -0.469 e. The van der Waals surface area contributed by atoms with Crippen LogP contribution in [0.15, 0.2) is 0 Å². The molecule has 0 unspecified atom stereocenters. The summed E-state index contributed by atoms with van der Waals surface area (Å²) in [5, 5.41) is 7.18. The van der Waals surface area contributed by atoms with Gasteiger partial charge < -0.3 is 10.0 Å². The molecule has 3 rings (SSSR count). The van der Waals surface area contributed by atoms with E-state index in [-0.39, 0.29) is 0 Å². The fraction of sp³-hybridized carbons (Fsp3) is 0.875. The molecule has 4 heteroatoms. The summed E-state index contributed by atoms with van der Waals surface area (Å²) in [7, 11) is 0. The van der Waals surface area contributed by atoms with Crippen LogP contribution >= 0.6 is 11.6 Å². The van der Waals surface area contributed by atoms with E-state index in [4.69, 9.17) is 9.90 Å². The van der Waals surface area contributed by atoms with Crippen LogP contribution in [0.3, 0.4) is 0 Å². The summed E-state index contributed by atoms with van der Waals surface area (Å²) in [6.07, 6.45) is 4.46. The molecule has 0 spiro atoms. The predicted molar refractivity (Wildman–Crippen MR) is 47.7 cm³/mol. The molecule has 0 atom stereocenters. The van der Waals surface area contributed by atoms with Gasteiger partial charge in [-0.1, -0.05) is 0 Å². The predicted octanol–water partition coefficient (Wildman–Crippen LogP) is 2.01. The molecule has 0 aromatic carbocycles. The third-order valence-corrected chi connectivity index (χ3v) is 2.56. The van der Waals surface area contributed by atoms with Gasteiger partial charge in [0.05, 0.1) is 0 Å². The first-order valence-electron chi connectivity index (χ1n) is 4.29. The van der Waals surface area contributed by atoms with Gasteiger partial charge in [-0.3, -0.25) is 0 Å². The summed E-state index contributed by atoms with van der Waals surface area (Å²) >= 11 is 4.19. The van der Waals surface area contributed by atoms with Crippen molar-refractivity contribution < 1.29 is 9.90 Å². The number of rotatable bonds is 0. The minimum atomic E-state index is -1.36. The molecule has 0 amide bonds. The third-order valence-electron chi connectivity index (χ3n) is 2.56. The molecule has 0 aliphatic carbocycles. The molecule has 3 fully saturated rings. The monoisotopic (exact) mass is 191 g/mol. The first-order valence-corrected chi connectivity index (χ1v) is 4.67. The zero-order valence-electron chi connectivity index (χ0n) is 7.00. The zero-order valence-corrected chi connectivity index (χ0v) is 7.76. The standard InChI is InChI=1S/C7H13N.CHClO2/c1-4-8-5-2-7(1)3-6-8;2-1(3)4/h7H,1-6H2;(H,3,4). The van der Waals surface area contributed by atoms with Crippen molar-refractivity contribution in [1.82, 2.24) is 4.90 Å². The molecule has 3 nitrogen and oxygen atoms in total. The van der Waals surface area contributed by atoms with Gasteiger partial charge in [0, 0.05) is 11.6 Å². The lowest BCUT2D eigenvalue weighted by Gasteiger charge is -2.38. The average Bonchev–Trinajstić information content (AvgIpc) is 2.07. The molecular formula is C8H14ClNO2. The van der Waals surface area contributed by atoms with Gasteiger partial charge in [0.2, 0.25) is 0 Å². The second kappa shape index (κ2) is 4.67. The number of halogens is 1. The molecule has 1 N–H and O–H groups in total. The van der Waals surface area contributed by atoms with Crippen LogP contribution in [0.2, 0.25) is 0 Å². The SMILES string of the molecule is C1CN2CCC1CC2.O=C(O)Cl. The van der Waals surface area contributed by atoms with Gasteiger partial charge in [-0.15, -0.1) is 0 Å². The Bertz CT molecular complexity index is 128. The second-order valence-electron chi connectivity index (χ2n) is 3.33. The summed E-state index contributed by atoms with van der Waals surface area (Å²) in [6, 6.07) is 0. The van der Waals surface area contributed by atoms with Crippen molar-refractivity contribution in [3.05, 3.63) is 0 Å². The molecule has 70 valence electrons. The minimum absolute atomic E-state index is 1.11. The van der Waals surface area contributed by atoms with Crippen molar-refractivity contribution in [1.29, 1.82) is 0 Å². The lowest BCUT2D eigenvalue weighted by atomic mass is 9.89. The van der Waals surface area contributed by atoms with Crippen molar-refractivity contribution in [2.45, 2.75) is 19.3 Å². The van der Waals surface area contributed by atoms with Crippen LogP contribution in [0.1, 0.15) is 19.3 Å². The number of hydrogen-bond donors (Lipinski definition) is 1. The van der Waals surface area contributed by atoms with E-state index in [2.05, 4.69) is 16.5 Å². The van der Waals surface area contributed by atoms with Crippen LogP contribution in [0.25, 0.3) is 0 Å². The van der Waals surface area contributed by atoms with Gasteiger partial charge in [0.15, 0.2) is 0 Å². The van der Waals surface area contributed by atoms with Crippen LogP contribution in [0, 0.1) is 5.92 Å². The summed E-state index contributed by atoms with van der Waals surface area (Å²) in [6.45, 7) is 4.18. The van der Waals surface area contributed by atoms with E-state index in [0.29, 0.717) is 0 Å². The Morgan fingerprint density at radius 1 is 1.25 bits per heavy atom. The highest BCUT2D eigenvalue weighted by molar-refractivity contribution is 6.60. The lowest BCUT2D eigenvalue weighted by Crippen LogP contribution is -2.41. The van der Waals surface area contributed by atoms with E-state index >= 15 is 0 Å². The first kappa shape index (κ1) is 9.81. The van der Waals surface area contributed by atoms with E-state index in [1.165, 1.54) is 38.9 Å². The number of piperidine rings is 3. The number of hydrogen-bond acceptors (Lipinski definition) is 2. The maximum Gasteiger partial charge on any atom is 0.401 e. The second-order valence-corrected chi connectivity index (χ2v) is 3.65. The van der Waals surface area contributed by atoms with Crippen molar-refractivity contribution in [3.63, 3.8) is 0 Å². The van der Waals surface area contributed by atoms with Crippen LogP contribution in [-0.2, 0) is 0 Å². The molecule has 0 aromatic rings. The van der Waals surface area contributed by atoms with Crippen molar-refractivity contribution in [2.75, 3.05) is 19.6 Å². The van der Waals surface area contributed by atoms with Gasteiger partial charge in [0.1, 0.15) is 0 Å². The average molecular weight is 192 g/mol. The topological polar surface area (TPSA) is 40.5 Å². The number of carboxylic acid groups (broad SMARTS) is 1. The van der Waals surface area contributed by atoms with Crippen molar-refractivity contribution >= 4 is 17.0 Å². The molecule has 3 aliphatic heterocycles. The fourth-order valence-electron chi connectivity index (χ4n) is 1.86. The van der Waals surface area contributed by atoms with Gasteiger partial charge >= 0.3 is 5.43 Å². The lowest BCUT2D eigenvalue weighted by molar-refractivity contribution is 0.111. The molecule has 0 radical (unpaired) electrons. The first-order chi connectivity index (χ1) is 5.68. The van der Waals surface area contributed by atoms with Gasteiger partial charge in [-0.2, -0.15) is 0 Å². The number of nitrogens with zero attached hydrogens (tertiary/aromatic N) is 1. The van der Waals surface area contributed by atoms with Crippen LogP contribution < -0.4 is 0 Å². The van der Waals surface area contributed by atoms with Gasteiger partial charge in [0.25, 0.3) is 0 Å². The Labute approximate surface area is 77.3 Å². The highest BCUT2D eigenvalue weighted by Gasteiger charge is 2.24. The Morgan fingerprint density at radius 3 is 1.67 bits per heavy atom. The summed E-state index contributed by atoms with van der Waals surface area (Å²) in [5.74, 6) is 1.11. The van der Waals surface area contributed by atoms with Crippen LogP contribution in [0.4, 0.5) is 4.79 Å². The quantitative estimate of drug-likeness (QED) is 0.596. The number of carbonyl (C=O) groups is 1. The summed E-state index contributed by atoms with van der Waals surface area (Å²) in [4.78, 5) is 11.3.